The molecule has 0 aromatic carbocycles. The van der Waals surface area contributed by atoms with Gasteiger partial charge in [0.1, 0.15) is 0 Å². The van der Waals surface area contributed by atoms with Gasteiger partial charge in [-0.1, -0.05) is 41.5 Å². The van der Waals surface area contributed by atoms with Crippen LogP contribution in [0.1, 0.15) is 60.8 Å². The van der Waals surface area contributed by atoms with Crippen LogP contribution in [-0.2, 0) is 10.8 Å². The number of rotatable bonds is 6. The van der Waals surface area contributed by atoms with Crippen molar-refractivity contribution in [3.8, 4) is 0 Å². The van der Waals surface area contributed by atoms with E-state index in [0.717, 1.165) is 24.8 Å². The van der Waals surface area contributed by atoms with E-state index in [1.54, 1.807) is 0 Å². The van der Waals surface area contributed by atoms with E-state index in [9.17, 15) is 4.21 Å². The number of hydrogen-bond acceptors (Lipinski definition) is 2. The van der Waals surface area contributed by atoms with Crippen molar-refractivity contribution in [1.82, 2.24) is 5.32 Å². The van der Waals surface area contributed by atoms with Crippen LogP contribution in [0.3, 0.4) is 0 Å². The molecule has 0 amide bonds. The molecular weight excluding hydrogens is 254 g/mol. The first-order chi connectivity index (χ1) is 8.88. The molecule has 5 unspecified atom stereocenters. The van der Waals surface area contributed by atoms with Crippen molar-refractivity contribution in [3.05, 3.63) is 0 Å². The molecule has 1 aliphatic rings. The molecule has 1 aliphatic carbocycles. The van der Waals surface area contributed by atoms with Gasteiger partial charge in [0.05, 0.1) is 5.25 Å². The van der Waals surface area contributed by atoms with Crippen LogP contribution in [0.5, 0.6) is 0 Å². The van der Waals surface area contributed by atoms with E-state index < -0.39 is 10.8 Å². The number of nitrogens with one attached hydrogen (secondary N) is 1. The zero-order valence-electron chi connectivity index (χ0n) is 13.6. The summed E-state index contributed by atoms with van der Waals surface area (Å²) in [6.45, 7) is 14.3. The predicted octanol–water partition coefficient (Wildman–Crippen LogP) is 3.58. The zero-order chi connectivity index (χ0) is 14.6. The quantitative estimate of drug-likeness (QED) is 0.809. The van der Waals surface area contributed by atoms with E-state index in [0.29, 0.717) is 22.5 Å². The Hall–Kier alpha value is 0.110. The minimum absolute atomic E-state index is 0.303. The number of hydrogen-bond donors (Lipinski definition) is 1. The Bertz CT molecular complexity index is 290. The maximum atomic E-state index is 12.9. The zero-order valence-corrected chi connectivity index (χ0v) is 14.4. The molecule has 0 bridgehead atoms. The fourth-order valence-electron chi connectivity index (χ4n) is 3.06. The van der Waals surface area contributed by atoms with Gasteiger partial charge in [0.2, 0.25) is 0 Å². The van der Waals surface area contributed by atoms with Crippen LogP contribution in [0.2, 0.25) is 0 Å². The van der Waals surface area contributed by atoms with Gasteiger partial charge in [-0.05, 0) is 43.6 Å². The Morgan fingerprint density at radius 3 is 2.26 bits per heavy atom. The van der Waals surface area contributed by atoms with Crippen LogP contribution >= 0.6 is 0 Å². The summed E-state index contributed by atoms with van der Waals surface area (Å²) < 4.78 is 12.9. The van der Waals surface area contributed by atoms with Crippen LogP contribution in [-0.4, -0.2) is 27.3 Å². The predicted molar refractivity (Wildman–Crippen MR) is 85.9 cm³/mol. The highest BCUT2D eigenvalue weighted by Crippen LogP contribution is 2.34. The van der Waals surface area contributed by atoms with Crippen molar-refractivity contribution in [1.29, 1.82) is 0 Å². The molecule has 0 aromatic rings. The molecule has 2 nitrogen and oxygen atoms in total. The molecule has 1 fully saturated rings. The summed E-state index contributed by atoms with van der Waals surface area (Å²) in [4.78, 5) is 0. The SMILES string of the molecule is CCNC1CCC(C(C)C)CC1S(=O)C(C)C(C)C. The lowest BCUT2D eigenvalue weighted by Gasteiger charge is -2.39. The van der Waals surface area contributed by atoms with Crippen LogP contribution in [0.4, 0.5) is 0 Å². The standard InChI is InChI=1S/C16H33NOS/c1-7-17-15-9-8-14(12(4)5)10-16(15)19(18)13(6)11(2)3/h11-17H,7-10H2,1-6H3. The second-order valence-corrected chi connectivity index (χ2v) is 8.80. The summed E-state index contributed by atoms with van der Waals surface area (Å²) >= 11 is 0. The maximum Gasteiger partial charge on any atom is 0.0506 e. The minimum Gasteiger partial charge on any atom is -0.313 e. The highest BCUT2D eigenvalue weighted by atomic mass is 32.2. The van der Waals surface area contributed by atoms with Crippen LogP contribution in [0, 0.1) is 17.8 Å². The van der Waals surface area contributed by atoms with Crippen molar-refractivity contribution in [3.63, 3.8) is 0 Å². The van der Waals surface area contributed by atoms with Gasteiger partial charge < -0.3 is 5.32 Å². The third-order valence-electron chi connectivity index (χ3n) is 4.85. The van der Waals surface area contributed by atoms with Crippen LogP contribution < -0.4 is 5.32 Å². The fourth-order valence-corrected chi connectivity index (χ4v) is 5.14. The van der Waals surface area contributed by atoms with E-state index in [2.05, 4.69) is 46.9 Å². The summed E-state index contributed by atoms with van der Waals surface area (Å²) in [6, 6.07) is 0.460. The Morgan fingerprint density at radius 1 is 1.16 bits per heavy atom. The second-order valence-electron chi connectivity index (χ2n) is 6.80. The third-order valence-corrected chi connectivity index (χ3v) is 7.24. The molecule has 114 valence electrons. The van der Waals surface area contributed by atoms with E-state index >= 15 is 0 Å². The van der Waals surface area contributed by atoms with Crippen molar-refractivity contribution >= 4 is 10.8 Å². The minimum atomic E-state index is -0.713. The van der Waals surface area contributed by atoms with Crippen molar-refractivity contribution in [2.24, 2.45) is 17.8 Å². The molecular formula is C16H33NOS. The first-order valence-corrected chi connectivity index (χ1v) is 9.28. The average molecular weight is 288 g/mol. The van der Waals surface area contributed by atoms with Gasteiger partial charge in [-0.25, -0.2) is 0 Å². The summed E-state index contributed by atoms with van der Waals surface area (Å²) in [6.07, 6.45) is 3.62. The van der Waals surface area contributed by atoms with Gasteiger partial charge >= 0.3 is 0 Å². The second kappa shape index (κ2) is 7.78. The molecule has 0 heterocycles. The first-order valence-electron chi connectivity index (χ1n) is 8.01. The third kappa shape index (κ3) is 4.56. The van der Waals surface area contributed by atoms with Crippen molar-refractivity contribution in [2.75, 3.05) is 6.54 Å². The normalized spacial score (nSPS) is 31.7. The largest absolute Gasteiger partial charge is 0.313 e. The molecule has 3 heteroatoms. The van der Waals surface area contributed by atoms with Gasteiger partial charge in [0.25, 0.3) is 0 Å². The molecule has 0 aliphatic heterocycles. The smallest absolute Gasteiger partial charge is 0.0506 e. The highest BCUT2D eigenvalue weighted by Gasteiger charge is 2.37. The monoisotopic (exact) mass is 287 g/mol. The Morgan fingerprint density at radius 2 is 1.79 bits per heavy atom. The summed E-state index contributed by atoms with van der Waals surface area (Å²) in [5, 5.41) is 4.22. The summed E-state index contributed by atoms with van der Waals surface area (Å²) in [7, 11) is -0.713. The lowest BCUT2D eigenvalue weighted by Crippen LogP contribution is -2.49. The Labute approximate surface area is 122 Å². The molecule has 0 radical (unpaired) electrons. The van der Waals surface area contributed by atoms with Crippen LogP contribution in [0.15, 0.2) is 0 Å². The van der Waals surface area contributed by atoms with Crippen molar-refractivity contribution in [2.45, 2.75) is 77.3 Å². The van der Waals surface area contributed by atoms with E-state index in [1.165, 1.54) is 12.8 Å². The lowest BCUT2D eigenvalue weighted by molar-refractivity contribution is 0.244. The Kier molecular flexibility index (Phi) is 7.02. The lowest BCUT2D eigenvalue weighted by atomic mass is 9.79. The Balaban J connectivity index is 2.79. The fraction of sp³-hybridized carbons (Fsp3) is 1.00. The topological polar surface area (TPSA) is 29.1 Å². The molecule has 0 spiro atoms. The summed E-state index contributed by atoms with van der Waals surface area (Å²) in [5.74, 6) is 1.97. The molecule has 1 rings (SSSR count). The molecule has 0 aromatic heterocycles. The van der Waals surface area contributed by atoms with E-state index in [1.807, 2.05) is 0 Å². The first kappa shape index (κ1) is 17.2. The van der Waals surface area contributed by atoms with Gasteiger partial charge in [-0.2, -0.15) is 0 Å². The van der Waals surface area contributed by atoms with Crippen LogP contribution in [0.25, 0.3) is 0 Å². The molecule has 5 atom stereocenters. The van der Waals surface area contributed by atoms with Gasteiger partial charge in [-0.15, -0.1) is 0 Å². The molecule has 1 saturated carbocycles. The maximum absolute atomic E-state index is 12.9. The average Bonchev–Trinajstić information content (AvgIpc) is 2.37. The van der Waals surface area contributed by atoms with E-state index in [-0.39, 0.29) is 0 Å². The highest BCUT2D eigenvalue weighted by molar-refractivity contribution is 7.86. The summed E-state index contributed by atoms with van der Waals surface area (Å²) in [5.41, 5.74) is 0. The van der Waals surface area contributed by atoms with Gasteiger partial charge in [-0.3, -0.25) is 4.21 Å². The van der Waals surface area contributed by atoms with E-state index in [4.69, 9.17) is 0 Å². The van der Waals surface area contributed by atoms with Gasteiger partial charge in [0, 0.05) is 22.1 Å². The van der Waals surface area contributed by atoms with Gasteiger partial charge in [0.15, 0.2) is 0 Å². The van der Waals surface area contributed by atoms with Crippen molar-refractivity contribution < 1.29 is 4.21 Å². The molecule has 0 saturated heterocycles. The molecule has 1 N–H and O–H groups in total. The molecule has 19 heavy (non-hydrogen) atoms.